The lowest BCUT2D eigenvalue weighted by Gasteiger charge is -2.18. The minimum Gasteiger partial charge on any atom is -0.374 e. The highest BCUT2D eigenvalue weighted by Gasteiger charge is 2.21. The topological polar surface area (TPSA) is 116 Å². The van der Waals surface area contributed by atoms with Crippen molar-refractivity contribution >= 4 is 23.2 Å². The van der Waals surface area contributed by atoms with Crippen molar-refractivity contribution in [2.45, 2.75) is 53.1 Å². The van der Waals surface area contributed by atoms with E-state index in [1.807, 2.05) is 32.0 Å². The van der Waals surface area contributed by atoms with Gasteiger partial charge in [-0.3, -0.25) is 0 Å². The summed E-state index contributed by atoms with van der Waals surface area (Å²) in [4.78, 5) is 0. The summed E-state index contributed by atoms with van der Waals surface area (Å²) in [6, 6.07) is 5.94. The maximum Gasteiger partial charge on any atom is 0.267 e. The first-order valence-electron chi connectivity index (χ1n) is 9.04. The molecule has 0 aromatic carbocycles. The van der Waals surface area contributed by atoms with Gasteiger partial charge in [0.15, 0.2) is 5.82 Å². The fourth-order valence-corrected chi connectivity index (χ4v) is 2.47. The molecule has 140 valence electrons. The van der Waals surface area contributed by atoms with Crippen molar-refractivity contribution < 1.29 is 4.68 Å². The zero-order valence-corrected chi connectivity index (χ0v) is 16.0. The number of anilines is 3. The fourth-order valence-electron chi connectivity index (χ4n) is 2.47. The van der Waals surface area contributed by atoms with Gasteiger partial charge in [-0.1, -0.05) is 32.8 Å². The Kier molecular flexibility index (Phi) is 6.82. The molecule has 0 amide bonds. The van der Waals surface area contributed by atoms with Crippen LogP contribution in [0.2, 0.25) is 0 Å². The fraction of sp³-hybridized carbons (Fsp3) is 0.500. The number of nitrogens with one attached hydrogen (secondary N) is 3. The number of rotatable bonds is 8. The standard InChI is InChI=1S/C18H28N8/c1-5-13(6-2)23-16-10-15(21-11-14-8-7-9-22-24-14)18(20)26(25-16)17(19)12(3)4/h7-10,12-13,19-20H,5-6,11H2,1-4H3,(H2,21,23,25)/p+1. The normalized spacial score (nSPS) is 11.0. The third-order valence-corrected chi connectivity index (χ3v) is 4.19. The van der Waals surface area contributed by atoms with Crippen LogP contribution in [0, 0.1) is 11.3 Å². The number of nitrogens with zero attached hydrogens (tertiary/aromatic N) is 4. The molecule has 0 saturated carbocycles. The molecule has 0 saturated heterocycles. The van der Waals surface area contributed by atoms with Crippen LogP contribution in [0.4, 0.5) is 17.3 Å². The minimum atomic E-state index is 0.00559. The lowest BCUT2D eigenvalue weighted by atomic mass is 10.2. The smallest absolute Gasteiger partial charge is 0.267 e. The van der Waals surface area contributed by atoms with Crippen molar-refractivity contribution in [3.63, 3.8) is 0 Å². The van der Waals surface area contributed by atoms with Crippen molar-refractivity contribution in [2.75, 3.05) is 16.4 Å². The van der Waals surface area contributed by atoms with E-state index in [0.29, 0.717) is 35.7 Å². The Bertz CT molecular complexity index is 725. The van der Waals surface area contributed by atoms with Crippen LogP contribution in [0.1, 0.15) is 46.2 Å². The zero-order valence-electron chi connectivity index (χ0n) is 16.0. The Morgan fingerprint density at radius 3 is 2.62 bits per heavy atom. The Hall–Kier alpha value is -2.77. The highest BCUT2D eigenvalue weighted by molar-refractivity contribution is 5.75. The van der Waals surface area contributed by atoms with E-state index in [1.54, 1.807) is 6.20 Å². The summed E-state index contributed by atoms with van der Waals surface area (Å²) in [5, 5.41) is 27.5. The SMILES string of the molecule is CCC(CC)Nc1cc(NCc2cccnn2)c(N)[n+](C(=N)C(C)C)n1. The average Bonchev–Trinajstić information content (AvgIpc) is 2.66. The average molecular weight is 357 g/mol. The molecule has 0 bridgehead atoms. The first-order valence-corrected chi connectivity index (χ1v) is 9.04. The van der Waals surface area contributed by atoms with Crippen molar-refractivity contribution in [1.82, 2.24) is 15.3 Å². The lowest BCUT2D eigenvalue weighted by molar-refractivity contribution is -0.610. The van der Waals surface area contributed by atoms with Gasteiger partial charge in [0.2, 0.25) is 0 Å². The molecule has 8 heteroatoms. The van der Waals surface area contributed by atoms with E-state index in [2.05, 4.69) is 39.8 Å². The number of nitrogen functional groups attached to an aromatic ring is 1. The van der Waals surface area contributed by atoms with E-state index in [1.165, 1.54) is 4.68 Å². The summed E-state index contributed by atoms with van der Waals surface area (Å²) < 4.78 is 1.49. The second kappa shape index (κ2) is 9.07. The molecule has 2 aromatic rings. The van der Waals surface area contributed by atoms with Crippen LogP contribution in [0.15, 0.2) is 24.4 Å². The third kappa shape index (κ3) is 4.87. The zero-order chi connectivity index (χ0) is 19.1. The largest absolute Gasteiger partial charge is 0.374 e. The Morgan fingerprint density at radius 1 is 1.31 bits per heavy atom. The van der Waals surface area contributed by atoms with Gasteiger partial charge in [0.05, 0.1) is 12.2 Å². The lowest BCUT2D eigenvalue weighted by Crippen LogP contribution is -2.51. The predicted octanol–water partition coefficient (Wildman–Crippen LogP) is 2.44. The second-order valence-electron chi connectivity index (χ2n) is 6.51. The van der Waals surface area contributed by atoms with Gasteiger partial charge in [-0.15, -0.1) is 4.68 Å². The maximum atomic E-state index is 8.33. The molecule has 0 fully saturated rings. The van der Waals surface area contributed by atoms with E-state index in [9.17, 15) is 0 Å². The van der Waals surface area contributed by atoms with Crippen molar-refractivity contribution in [2.24, 2.45) is 5.92 Å². The molecule has 0 unspecified atom stereocenters. The van der Waals surface area contributed by atoms with E-state index in [-0.39, 0.29) is 5.92 Å². The summed E-state index contributed by atoms with van der Waals surface area (Å²) in [5.74, 6) is 1.45. The Labute approximate surface area is 154 Å². The van der Waals surface area contributed by atoms with Crippen LogP contribution in [0.3, 0.4) is 0 Å². The first-order chi connectivity index (χ1) is 12.5. The molecular formula is C18H29N8+. The van der Waals surface area contributed by atoms with Crippen molar-refractivity contribution in [3.05, 3.63) is 30.1 Å². The summed E-state index contributed by atoms with van der Waals surface area (Å²) in [7, 11) is 0. The summed E-state index contributed by atoms with van der Waals surface area (Å²) in [6.45, 7) is 8.65. The summed E-state index contributed by atoms with van der Waals surface area (Å²) >= 11 is 0. The van der Waals surface area contributed by atoms with Gasteiger partial charge in [0, 0.05) is 24.2 Å². The predicted molar refractivity (Wildman–Crippen MR) is 104 cm³/mol. The molecule has 0 aliphatic rings. The summed E-state index contributed by atoms with van der Waals surface area (Å²) in [5.41, 5.74) is 7.81. The molecule has 0 atom stereocenters. The van der Waals surface area contributed by atoms with Crippen LogP contribution in [0.5, 0.6) is 0 Å². The van der Waals surface area contributed by atoms with Gasteiger partial charge < -0.3 is 16.4 Å². The molecule has 0 aliphatic heterocycles. The Morgan fingerprint density at radius 2 is 2.04 bits per heavy atom. The van der Waals surface area contributed by atoms with E-state index >= 15 is 0 Å². The van der Waals surface area contributed by atoms with Crippen LogP contribution >= 0.6 is 0 Å². The van der Waals surface area contributed by atoms with Gasteiger partial charge in [-0.2, -0.15) is 15.6 Å². The quantitative estimate of drug-likeness (QED) is 0.327. The molecule has 0 radical (unpaired) electrons. The highest BCUT2D eigenvalue weighted by Crippen LogP contribution is 2.19. The van der Waals surface area contributed by atoms with Crippen LogP contribution < -0.4 is 21.0 Å². The van der Waals surface area contributed by atoms with Gasteiger partial charge in [0.1, 0.15) is 5.69 Å². The van der Waals surface area contributed by atoms with E-state index < -0.39 is 0 Å². The van der Waals surface area contributed by atoms with E-state index in [0.717, 1.165) is 18.5 Å². The minimum absolute atomic E-state index is 0.00559. The Balaban J connectivity index is 2.34. The van der Waals surface area contributed by atoms with Crippen molar-refractivity contribution in [1.29, 1.82) is 5.41 Å². The molecular weight excluding hydrogens is 328 g/mol. The molecule has 2 aromatic heterocycles. The number of nitrogens with two attached hydrogens (primary N) is 1. The summed E-state index contributed by atoms with van der Waals surface area (Å²) in [6.07, 6.45) is 3.62. The number of hydrogen-bond donors (Lipinski definition) is 4. The molecule has 8 nitrogen and oxygen atoms in total. The first kappa shape index (κ1) is 19.6. The van der Waals surface area contributed by atoms with Crippen LogP contribution in [0.25, 0.3) is 0 Å². The molecule has 0 aliphatic carbocycles. The highest BCUT2D eigenvalue weighted by atomic mass is 15.4. The monoisotopic (exact) mass is 357 g/mol. The third-order valence-electron chi connectivity index (χ3n) is 4.19. The number of aromatic nitrogens is 4. The molecule has 0 spiro atoms. The molecule has 2 rings (SSSR count). The molecule has 2 heterocycles. The van der Waals surface area contributed by atoms with Gasteiger partial charge in [-0.05, 0) is 25.0 Å². The van der Waals surface area contributed by atoms with Gasteiger partial charge in [0.25, 0.3) is 11.7 Å². The molecule has 5 N–H and O–H groups in total. The maximum absolute atomic E-state index is 8.33. The van der Waals surface area contributed by atoms with Crippen LogP contribution in [-0.4, -0.2) is 27.2 Å². The molecule has 26 heavy (non-hydrogen) atoms. The van der Waals surface area contributed by atoms with Gasteiger partial charge >= 0.3 is 0 Å². The van der Waals surface area contributed by atoms with Crippen molar-refractivity contribution in [3.8, 4) is 0 Å². The van der Waals surface area contributed by atoms with Gasteiger partial charge in [-0.25, -0.2) is 0 Å². The van der Waals surface area contributed by atoms with E-state index in [4.69, 9.17) is 11.1 Å². The number of hydrogen-bond acceptors (Lipinski definition) is 7. The van der Waals surface area contributed by atoms with Crippen LogP contribution in [-0.2, 0) is 6.54 Å². The second-order valence-corrected chi connectivity index (χ2v) is 6.51.